The smallest absolute Gasteiger partial charge is 0.302 e. The number of ether oxygens (including phenoxy) is 3. The van der Waals surface area contributed by atoms with Crippen molar-refractivity contribution in [3.63, 3.8) is 0 Å². The van der Waals surface area contributed by atoms with Gasteiger partial charge in [-0.15, -0.1) is 0 Å². The van der Waals surface area contributed by atoms with Crippen molar-refractivity contribution in [2.75, 3.05) is 0 Å². The molecule has 4 rings (SSSR count). The van der Waals surface area contributed by atoms with Gasteiger partial charge in [0.25, 0.3) is 0 Å². The number of carbonyl (C=O) groups excluding carboxylic acids is 4. The van der Waals surface area contributed by atoms with Crippen LogP contribution in [-0.4, -0.2) is 42.0 Å². The second kappa shape index (κ2) is 8.14. The molecule has 0 radical (unpaired) electrons. The Hall–Kier alpha value is -1.92. The van der Waals surface area contributed by atoms with E-state index in [-0.39, 0.29) is 76.5 Å². The van der Waals surface area contributed by atoms with Crippen LogP contribution >= 0.6 is 0 Å². The van der Waals surface area contributed by atoms with Crippen LogP contribution < -0.4 is 0 Å². The highest BCUT2D eigenvalue weighted by molar-refractivity contribution is 5.80. The Morgan fingerprint density at radius 3 is 2.06 bits per heavy atom. The second-order valence-corrected chi connectivity index (χ2v) is 11.1. The summed E-state index contributed by atoms with van der Waals surface area (Å²) in [5.41, 5.74) is -0.512. The number of carbonyl (C=O) groups is 4. The summed E-state index contributed by atoms with van der Waals surface area (Å²) in [6.45, 7) is 8.69. The second-order valence-electron chi connectivity index (χ2n) is 11.1. The molecule has 0 amide bonds. The van der Waals surface area contributed by atoms with Crippen molar-refractivity contribution in [1.29, 1.82) is 0 Å². The van der Waals surface area contributed by atoms with Gasteiger partial charge in [-0.1, -0.05) is 13.8 Å². The summed E-state index contributed by atoms with van der Waals surface area (Å²) < 4.78 is 17.6. The summed E-state index contributed by atoms with van der Waals surface area (Å²) in [7, 11) is 0. The van der Waals surface area contributed by atoms with Gasteiger partial charge >= 0.3 is 17.9 Å². The summed E-state index contributed by atoms with van der Waals surface area (Å²) in [5.74, 6) is -0.355. The summed E-state index contributed by atoms with van der Waals surface area (Å²) in [6, 6.07) is 0. The molecule has 0 aliphatic heterocycles. The van der Waals surface area contributed by atoms with E-state index in [4.69, 9.17) is 14.2 Å². The van der Waals surface area contributed by atoms with Gasteiger partial charge in [0.15, 0.2) is 0 Å². The molecule has 178 valence electrons. The number of rotatable bonds is 3. The van der Waals surface area contributed by atoms with Crippen LogP contribution in [0.4, 0.5) is 0 Å². The number of ketones is 1. The summed E-state index contributed by atoms with van der Waals surface area (Å²) in [5, 5.41) is 0. The maximum absolute atomic E-state index is 12.4. The molecule has 9 atom stereocenters. The van der Waals surface area contributed by atoms with Crippen molar-refractivity contribution in [1.82, 2.24) is 0 Å². The quantitative estimate of drug-likeness (QED) is 0.481. The lowest BCUT2D eigenvalue weighted by Gasteiger charge is -2.62. The molecule has 4 aliphatic rings. The molecule has 0 heterocycles. The van der Waals surface area contributed by atoms with Gasteiger partial charge in [-0.2, -0.15) is 0 Å². The molecular weight excluding hydrogens is 412 g/mol. The van der Waals surface area contributed by atoms with Crippen LogP contribution in [0.2, 0.25) is 0 Å². The van der Waals surface area contributed by atoms with Gasteiger partial charge in [0.2, 0.25) is 0 Å². The molecule has 0 unspecified atom stereocenters. The predicted molar refractivity (Wildman–Crippen MR) is 114 cm³/mol. The van der Waals surface area contributed by atoms with Gasteiger partial charge in [-0.3, -0.25) is 19.2 Å². The van der Waals surface area contributed by atoms with Crippen molar-refractivity contribution in [3.8, 4) is 0 Å². The minimum absolute atomic E-state index is 0.0166. The average molecular weight is 449 g/mol. The van der Waals surface area contributed by atoms with Crippen molar-refractivity contribution < 1.29 is 33.4 Å². The average Bonchev–Trinajstić information content (AvgIpc) is 3.00. The normalized spacial score (nSPS) is 45.2. The van der Waals surface area contributed by atoms with Gasteiger partial charge in [-0.25, -0.2) is 0 Å². The lowest BCUT2D eigenvalue weighted by atomic mass is 9.44. The van der Waals surface area contributed by atoms with E-state index in [1.54, 1.807) is 0 Å². The first kappa shape index (κ1) is 23.2. The Labute approximate surface area is 189 Å². The van der Waals surface area contributed by atoms with Gasteiger partial charge in [0.05, 0.1) is 0 Å². The van der Waals surface area contributed by atoms with Gasteiger partial charge < -0.3 is 14.2 Å². The Balaban J connectivity index is 1.77. The Kier molecular flexibility index (Phi) is 5.91. The lowest BCUT2D eigenvalue weighted by molar-refractivity contribution is -0.216. The van der Waals surface area contributed by atoms with Crippen LogP contribution in [0.25, 0.3) is 0 Å². The highest BCUT2D eigenvalue weighted by Crippen LogP contribution is 2.67. The van der Waals surface area contributed by atoms with Crippen LogP contribution in [-0.2, 0) is 33.4 Å². The van der Waals surface area contributed by atoms with Gasteiger partial charge in [0, 0.05) is 50.9 Å². The first-order chi connectivity index (χ1) is 15.0. The SMILES string of the molecule is CC(=O)O[C@H]1CC[C@@]2(C)[C@@H]1[C@H]1C[C@H](OC(C)=O)[C@H]3CC(=O)CC[C@]3(C)[C@@H]1C[C@H]2OC(C)=O. The highest BCUT2D eigenvalue weighted by Gasteiger charge is 2.67. The van der Waals surface area contributed by atoms with E-state index in [0.29, 0.717) is 19.3 Å². The zero-order valence-corrected chi connectivity index (χ0v) is 19.8. The number of esters is 3. The molecule has 0 saturated heterocycles. The molecule has 0 aromatic rings. The molecule has 4 fully saturated rings. The molecule has 7 nitrogen and oxygen atoms in total. The monoisotopic (exact) mass is 448 g/mol. The first-order valence-electron chi connectivity index (χ1n) is 12.0. The van der Waals surface area contributed by atoms with E-state index in [1.165, 1.54) is 20.8 Å². The van der Waals surface area contributed by atoms with E-state index in [1.807, 2.05) is 0 Å². The summed E-state index contributed by atoms with van der Waals surface area (Å²) in [6.07, 6.45) is 3.80. The first-order valence-corrected chi connectivity index (χ1v) is 12.0. The van der Waals surface area contributed by atoms with E-state index >= 15 is 0 Å². The zero-order chi connectivity index (χ0) is 23.4. The Bertz CT molecular complexity index is 821. The lowest BCUT2D eigenvalue weighted by Crippen LogP contribution is -2.62. The molecule has 32 heavy (non-hydrogen) atoms. The fraction of sp³-hybridized carbons (Fsp3) is 0.840. The van der Waals surface area contributed by atoms with Crippen LogP contribution in [0, 0.1) is 34.5 Å². The van der Waals surface area contributed by atoms with E-state index in [9.17, 15) is 19.2 Å². The molecule has 4 aliphatic carbocycles. The Morgan fingerprint density at radius 1 is 0.812 bits per heavy atom. The van der Waals surface area contributed by atoms with Crippen LogP contribution in [0.1, 0.15) is 79.6 Å². The maximum atomic E-state index is 12.4. The van der Waals surface area contributed by atoms with Crippen LogP contribution in [0.3, 0.4) is 0 Å². The molecule has 0 N–H and O–H groups in total. The van der Waals surface area contributed by atoms with Crippen molar-refractivity contribution in [2.45, 2.75) is 97.9 Å². The Morgan fingerprint density at radius 2 is 1.44 bits per heavy atom. The number of fused-ring (bicyclic) bond motifs is 5. The third kappa shape index (κ3) is 3.75. The fourth-order valence-electron chi connectivity index (χ4n) is 8.05. The molecule has 0 aromatic heterocycles. The largest absolute Gasteiger partial charge is 0.462 e. The minimum Gasteiger partial charge on any atom is -0.462 e. The number of hydrogen-bond acceptors (Lipinski definition) is 7. The van der Waals surface area contributed by atoms with Gasteiger partial charge in [-0.05, 0) is 49.4 Å². The third-order valence-corrected chi connectivity index (χ3v) is 9.29. The molecule has 0 bridgehead atoms. The standard InChI is InChI=1S/C25H36O7/c1-13(26)30-20-7-9-25(5)22(32-15(3)28)12-18-17(23(20)25)11-21(31-14(2)27)19-10-16(29)6-8-24(18,19)4/h17-23H,6-12H2,1-5H3/t17-,18+,19+,20-,21-,22+,23+,24+,25+/m0/s1. The molecule has 7 heteroatoms. The number of hydrogen-bond donors (Lipinski definition) is 0. The van der Waals surface area contributed by atoms with Crippen molar-refractivity contribution >= 4 is 23.7 Å². The number of Topliss-reactive ketones (excluding diaryl/α,β-unsaturated/α-hetero) is 1. The zero-order valence-electron chi connectivity index (χ0n) is 19.8. The fourth-order valence-corrected chi connectivity index (χ4v) is 8.05. The van der Waals surface area contributed by atoms with E-state index < -0.39 is 0 Å². The third-order valence-electron chi connectivity index (χ3n) is 9.29. The van der Waals surface area contributed by atoms with E-state index in [2.05, 4.69) is 13.8 Å². The van der Waals surface area contributed by atoms with Gasteiger partial charge in [0.1, 0.15) is 24.1 Å². The maximum Gasteiger partial charge on any atom is 0.302 e. The van der Waals surface area contributed by atoms with E-state index in [0.717, 1.165) is 25.7 Å². The van der Waals surface area contributed by atoms with Crippen molar-refractivity contribution in [3.05, 3.63) is 0 Å². The van der Waals surface area contributed by atoms with Crippen LogP contribution in [0.15, 0.2) is 0 Å². The molecular formula is C25H36O7. The molecule has 0 aromatic carbocycles. The van der Waals surface area contributed by atoms with Crippen LogP contribution in [0.5, 0.6) is 0 Å². The topological polar surface area (TPSA) is 96.0 Å². The molecule has 0 spiro atoms. The minimum atomic E-state index is -0.326. The predicted octanol–water partition coefficient (Wildman–Crippen LogP) is 3.61. The van der Waals surface area contributed by atoms with Crippen molar-refractivity contribution in [2.24, 2.45) is 34.5 Å². The molecule has 4 saturated carbocycles. The highest BCUT2D eigenvalue weighted by atomic mass is 16.6. The summed E-state index contributed by atoms with van der Waals surface area (Å²) in [4.78, 5) is 48.3. The summed E-state index contributed by atoms with van der Waals surface area (Å²) >= 11 is 0.